The molecule has 0 aromatic heterocycles. The van der Waals surface area contributed by atoms with E-state index in [1.54, 1.807) is 0 Å². The van der Waals surface area contributed by atoms with E-state index in [0.29, 0.717) is 6.04 Å². The van der Waals surface area contributed by atoms with Crippen molar-refractivity contribution in [2.75, 3.05) is 13.1 Å². The van der Waals surface area contributed by atoms with Gasteiger partial charge in [0.1, 0.15) is 0 Å². The van der Waals surface area contributed by atoms with E-state index in [1.165, 1.54) is 12.8 Å². The van der Waals surface area contributed by atoms with E-state index in [0.717, 1.165) is 13.1 Å². The molecule has 0 bridgehead atoms. The third kappa shape index (κ3) is 4.35. The van der Waals surface area contributed by atoms with E-state index in [9.17, 15) is 0 Å². The van der Waals surface area contributed by atoms with Crippen molar-refractivity contribution in [3.63, 3.8) is 0 Å². The lowest BCUT2D eigenvalue weighted by Gasteiger charge is -2.26. The maximum Gasteiger partial charge on any atom is 0.0166 e. The standard InChI is InChI=1S/C11H21N/c1-5-8-11(4)12(9-6-2)10-7-3/h6-7,11H,2-3,5,8-10H2,1,4H3. The molecule has 1 heteroatoms. The zero-order valence-corrected chi connectivity index (χ0v) is 8.42. The predicted octanol–water partition coefficient (Wildman–Crippen LogP) is 2.85. The van der Waals surface area contributed by atoms with Crippen molar-refractivity contribution in [1.29, 1.82) is 0 Å². The molecule has 0 radical (unpaired) electrons. The molecule has 0 aliphatic heterocycles. The molecular formula is C11H21N. The van der Waals surface area contributed by atoms with Crippen molar-refractivity contribution in [3.05, 3.63) is 25.3 Å². The zero-order valence-electron chi connectivity index (χ0n) is 8.42. The smallest absolute Gasteiger partial charge is 0.0166 e. The molecule has 0 fully saturated rings. The van der Waals surface area contributed by atoms with Crippen molar-refractivity contribution in [2.24, 2.45) is 0 Å². The molecule has 1 atom stereocenters. The second-order valence-electron chi connectivity index (χ2n) is 3.17. The minimum absolute atomic E-state index is 0.644. The van der Waals surface area contributed by atoms with Crippen LogP contribution in [0.3, 0.4) is 0 Å². The Morgan fingerprint density at radius 2 is 1.75 bits per heavy atom. The molecule has 0 N–H and O–H groups in total. The summed E-state index contributed by atoms with van der Waals surface area (Å²) in [6, 6.07) is 0.644. The minimum atomic E-state index is 0.644. The summed E-state index contributed by atoms with van der Waals surface area (Å²) in [7, 11) is 0. The first-order valence-electron chi connectivity index (χ1n) is 4.72. The van der Waals surface area contributed by atoms with E-state index >= 15 is 0 Å². The first-order chi connectivity index (χ1) is 5.76. The number of rotatable bonds is 7. The van der Waals surface area contributed by atoms with Gasteiger partial charge in [0.2, 0.25) is 0 Å². The van der Waals surface area contributed by atoms with Gasteiger partial charge in [-0.2, -0.15) is 0 Å². The van der Waals surface area contributed by atoms with E-state index in [-0.39, 0.29) is 0 Å². The zero-order chi connectivity index (χ0) is 9.40. The van der Waals surface area contributed by atoms with Crippen LogP contribution >= 0.6 is 0 Å². The average molecular weight is 167 g/mol. The topological polar surface area (TPSA) is 3.24 Å². The molecule has 1 unspecified atom stereocenters. The Labute approximate surface area is 76.8 Å². The van der Waals surface area contributed by atoms with Gasteiger partial charge in [0.15, 0.2) is 0 Å². The molecule has 0 amide bonds. The van der Waals surface area contributed by atoms with Crippen molar-refractivity contribution in [1.82, 2.24) is 4.90 Å². The highest BCUT2D eigenvalue weighted by atomic mass is 15.1. The van der Waals surface area contributed by atoms with Gasteiger partial charge in [0.05, 0.1) is 0 Å². The van der Waals surface area contributed by atoms with Crippen molar-refractivity contribution >= 4 is 0 Å². The van der Waals surface area contributed by atoms with Gasteiger partial charge in [-0.3, -0.25) is 4.90 Å². The SMILES string of the molecule is C=CCN(CC=C)C(C)CCC. The summed E-state index contributed by atoms with van der Waals surface area (Å²) < 4.78 is 0. The third-order valence-corrected chi connectivity index (χ3v) is 2.06. The molecule has 0 aromatic rings. The van der Waals surface area contributed by atoms with Crippen LogP contribution < -0.4 is 0 Å². The van der Waals surface area contributed by atoms with Crippen LogP contribution in [0.5, 0.6) is 0 Å². The Bertz CT molecular complexity index is 119. The van der Waals surface area contributed by atoms with Gasteiger partial charge >= 0.3 is 0 Å². The van der Waals surface area contributed by atoms with Gasteiger partial charge in [-0.1, -0.05) is 25.5 Å². The van der Waals surface area contributed by atoms with Gasteiger partial charge in [-0.25, -0.2) is 0 Å². The Morgan fingerprint density at radius 3 is 2.08 bits per heavy atom. The summed E-state index contributed by atoms with van der Waals surface area (Å²) in [6.45, 7) is 13.9. The normalized spacial score (nSPS) is 12.9. The van der Waals surface area contributed by atoms with E-state index in [4.69, 9.17) is 0 Å². The fraction of sp³-hybridized carbons (Fsp3) is 0.636. The first-order valence-corrected chi connectivity index (χ1v) is 4.72. The fourth-order valence-electron chi connectivity index (χ4n) is 1.37. The summed E-state index contributed by atoms with van der Waals surface area (Å²) in [5.41, 5.74) is 0. The largest absolute Gasteiger partial charge is 0.293 e. The number of hydrogen-bond acceptors (Lipinski definition) is 1. The van der Waals surface area contributed by atoms with Crippen molar-refractivity contribution in [2.45, 2.75) is 32.7 Å². The Morgan fingerprint density at radius 1 is 1.25 bits per heavy atom. The molecule has 0 aliphatic rings. The van der Waals surface area contributed by atoms with Gasteiger partial charge in [0, 0.05) is 19.1 Å². The molecule has 0 aliphatic carbocycles. The lowest BCUT2D eigenvalue weighted by Crippen LogP contribution is -2.33. The highest BCUT2D eigenvalue weighted by Gasteiger charge is 2.08. The summed E-state index contributed by atoms with van der Waals surface area (Å²) >= 11 is 0. The molecule has 0 rings (SSSR count). The Kier molecular flexibility index (Phi) is 6.78. The molecular weight excluding hydrogens is 146 g/mol. The van der Waals surface area contributed by atoms with Crippen LogP contribution in [0.1, 0.15) is 26.7 Å². The Hall–Kier alpha value is -0.560. The molecule has 12 heavy (non-hydrogen) atoms. The molecule has 0 saturated carbocycles. The van der Waals surface area contributed by atoms with Crippen LogP contribution in [0.15, 0.2) is 25.3 Å². The maximum atomic E-state index is 3.75. The van der Waals surface area contributed by atoms with Gasteiger partial charge in [-0.15, -0.1) is 13.2 Å². The summed E-state index contributed by atoms with van der Waals surface area (Å²) in [5.74, 6) is 0. The highest BCUT2D eigenvalue weighted by Crippen LogP contribution is 2.05. The highest BCUT2D eigenvalue weighted by molar-refractivity contribution is 4.82. The van der Waals surface area contributed by atoms with Crippen molar-refractivity contribution < 1.29 is 0 Å². The van der Waals surface area contributed by atoms with Gasteiger partial charge in [-0.05, 0) is 13.3 Å². The minimum Gasteiger partial charge on any atom is -0.293 e. The van der Waals surface area contributed by atoms with E-state index in [1.807, 2.05) is 12.2 Å². The molecule has 0 heterocycles. The number of nitrogens with zero attached hydrogens (tertiary/aromatic N) is 1. The van der Waals surface area contributed by atoms with E-state index in [2.05, 4.69) is 31.9 Å². The Balaban J connectivity index is 3.88. The lowest BCUT2D eigenvalue weighted by molar-refractivity contribution is 0.243. The molecule has 70 valence electrons. The lowest BCUT2D eigenvalue weighted by atomic mass is 10.1. The molecule has 0 spiro atoms. The van der Waals surface area contributed by atoms with Crippen LogP contribution in [0.2, 0.25) is 0 Å². The van der Waals surface area contributed by atoms with Crippen LogP contribution in [-0.2, 0) is 0 Å². The summed E-state index contributed by atoms with van der Waals surface area (Å²) in [5, 5.41) is 0. The quantitative estimate of drug-likeness (QED) is 0.527. The summed E-state index contributed by atoms with van der Waals surface area (Å²) in [4.78, 5) is 2.38. The van der Waals surface area contributed by atoms with E-state index < -0.39 is 0 Å². The molecule has 0 saturated heterocycles. The molecule has 1 nitrogen and oxygen atoms in total. The molecule has 0 aromatic carbocycles. The summed E-state index contributed by atoms with van der Waals surface area (Å²) in [6.07, 6.45) is 6.40. The third-order valence-electron chi connectivity index (χ3n) is 2.06. The van der Waals surface area contributed by atoms with Crippen molar-refractivity contribution in [3.8, 4) is 0 Å². The van der Waals surface area contributed by atoms with Crippen LogP contribution in [-0.4, -0.2) is 24.0 Å². The average Bonchev–Trinajstić information content (AvgIpc) is 2.04. The van der Waals surface area contributed by atoms with Gasteiger partial charge in [0.25, 0.3) is 0 Å². The van der Waals surface area contributed by atoms with Gasteiger partial charge < -0.3 is 0 Å². The fourth-order valence-corrected chi connectivity index (χ4v) is 1.37. The second kappa shape index (κ2) is 7.11. The monoisotopic (exact) mass is 167 g/mol. The second-order valence-corrected chi connectivity index (χ2v) is 3.17. The predicted molar refractivity (Wildman–Crippen MR) is 56.3 cm³/mol. The van der Waals surface area contributed by atoms with Crippen LogP contribution in [0.4, 0.5) is 0 Å². The van der Waals surface area contributed by atoms with Crippen LogP contribution in [0.25, 0.3) is 0 Å². The maximum absolute atomic E-state index is 3.75. The number of hydrogen-bond donors (Lipinski definition) is 0. The first kappa shape index (κ1) is 11.4. The van der Waals surface area contributed by atoms with Crippen LogP contribution in [0, 0.1) is 0 Å².